The van der Waals surface area contributed by atoms with Crippen molar-refractivity contribution in [3.8, 4) is 5.75 Å². The Kier molecular flexibility index (Phi) is 6.03. The minimum atomic E-state index is -0.284. The molecule has 1 unspecified atom stereocenters. The fourth-order valence-corrected chi connectivity index (χ4v) is 2.37. The molecule has 0 heterocycles. The predicted molar refractivity (Wildman–Crippen MR) is 84.4 cm³/mol. The van der Waals surface area contributed by atoms with Crippen LogP contribution in [-0.2, 0) is 0 Å². The van der Waals surface area contributed by atoms with E-state index >= 15 is 0 Å². The number of hydrogen-bond acceptors (Lipinski definition) is 2. The number of nitrogens with one attached hydrogen (secondary N) is 1. The Morgan fingerprint density at radius 1 is 1.19 bits per heavy atom. The molecule has 112 valence electrons. The molecule has 0 aliphatic carbocycles. The van der Waals surface area contributed by atoms with Gasteiger partial charge >= 0.3 is 0 Å². The highest BCUT2D eigenvalue weighted by atomic mass is 35.5. The van der Waals surface area contributed by atoms with Gasteiger partial charge in [-0.3, -0.25) is 0 Å². The second kappa shape index (κ2) is 8.01. The standard InChI is InChI=1S/C17H19ClFNO/c1-2-20-17(15-9-8-13(18)12-16(15)19)10-11-21-14-6-4-3-5-7-14/h3-9,12,17,20H,2,10-11H2,1H3. The molecule has 0 fully saturated rings. The minimum Gasteiger partial charge on any atom is -0.494 e. The van der Waals surface area contributed by atoms with Gasteiger partial charge in [-0.15, -0.1) is 0 Å². The highest BCUT2D eigenvalue weighted by Gasteiger charge is 2.15. The first kappa shape index (κ1) is 15.8. The van der Waals surface area contributed by atoms with Gasteiger partial charge < -0.3 is 10.1 Å². The van der Waals surface area contributed by atoms with E-state index in [9.17, 15) is 4.39 Å². The maximum atomic E-state index is 14.0. The van der Waals surface area contributed by atoms with Crippen molar-refractivity contribution in [2.24, 2.45) is 0 Å². The van der Waals surface area contributed by atoms with Crippen LogP contribution < -0.4 is 10.1 Å². The molecule has 1 N–H and O–H groups in total. The van der Waals surface area contributed by atoms with Gasteiger partial charge in [-0.2, -0.15) is 0 Å². The van der Waals surface area contributed by atoms with E-state index < -0.39 is 0 Å². The van der Waals surface area contributed by atoms with Crippen molar-refractivity contribution in [3.63, 3.8) is 0 Å². The Bertz CT molecular complexity index is 562. The summed E-state index contributed by atoms with van der Waals surface area (Å²) in [6, 6.07) is 14.3. The van der Waals surface area contributed by atoms with Crippen molar-refractivity contribution < 1.29 is 9.13 Å². The smallest absolute Gasteiger partial charge is 0.129 e. The monoisotopic (exact) mass is 307 g/mol. The lowest BCUT2D eigenvalue weighted by atomic mass is 10.0. The zero-order valence-corrected chi connectivity index (χ0v) is 12.7. The Balaban J connectivity index is 1.98. The fraction of sp³-hybridized carbons (Fsp3) is 0.294. The van der Waals surface area contributed by atoms with Crippen LogP contribution in [0.1, 0.15) is 24.9 Å². The van der Waals surface area contributed by atoms with Crippen LogP contribution in [-0.4, -0.2) is 13.2 Å². The van der Waals surface area contributed by atoms with Gasteiger partial charge in [0.05, 0.1) is 6.61 Å². The lowest BCUT2D eigenvalue weighted by Gasteiger charge is -2.19. The molecule has 2 rings (SSSR count). The van der Waals surface area contributed by atoms with Crippen LogP contribution in [0.5, 0.6) is 5.75 Å². The molecule has 0 aliphatic heterocycles. The third-order valence-corrected chi connectivity index (χ3v) is 3.44. The highest BCUT2D eigenvalue weighted by Crippen LogP contribution is 2.23. The number of rotatable bonds is 7. The second-order valence-electron chi connectivity index (χ2n) is 4.73. The first-order valence-corrected chi connectivity index (χ1v) is 7.44. The Hall–Kier alpha value is -1.58. The van der Waals surface area contributed by atoms with Gasteiger partial charge in [0.25, 0.3) is 0 Å². The van der Waals surface area contributed by atoms with Crippen molar-refractivity contribution >= 4 is 11.6 Å². The van der Waals surface area contributed by atoms with Gasteiger partial charge in [-0.05, 0) is 30.8 Å². The molecule has 4 heteroatoms. The molecule has 1 atom stereocenters. The maximum absolute atomic E-state index is 14.0. The van der Waals surface area contributed by atoms with Crippen LogP contribution in [0.15, 0.2) is 48.5 Å². The molecule has 21 heavy (non-hydrogen) atoms. The topological polar surface area (TPSA) is 21.3 Å². The largest absolute Gasteiger partial charge is 0.494 e. The minimum absolute atomic E-state index is 0.0871. The molecule has 2 nitrogen and oxygen atoms in total. The molecule has 0 aromatic heterocycles. The zero-order chi connectivity index (χ0) is 15.1. The summed E-state index contributed by atoms with van der Waals surface area (Å²) in [5.41, 5.74) is 0.623. The lowest BCUT2D eigenvalue weighted by molar-refractivity contribution is 0.285. The number of ether oxygens (including phenoxy) is 1. The van der Waals surface area contributed by atoms with Crippen LogP contribution in [0.3, 0.4) is 0 Å². The summed E-state index contributed by atoms with van der Waals surface area (Å²) in [6.45, 7) is 3.28. The third kappa shape index (κ3) is 4.73. The first-order valence-electron chi connectivity index (χ1n) is 7.07. The van der Waals surface area contributed by atoms with E-state index in [0.717, 1.165) is 12.3 Å². The normalized spacial score (nSPS) is 12.1. The number of hydrogen-bond donors (Lipinski definition) is 1. The Labute approximate surface area is 129 Å². The molecule has 0 saturated carbocycles. The fourth-order valence-electron chi connectivity index (χ4n) is 2.21. The van der Waals surface area contributed by atoms with Crippen molar-refractivity contribution in [2.45, 2.75) is 19.4 Å². The van der Waals surface area contributed by atoms with E-state index in [1.807, 2.05) is 37.3 Å². The lowest BCUT2D eigenvalue weighted by Crippen LogP contribution is -2.23. The SMILES string of the molecule is CCNC(CCOc1ccccc1)c1ccc(Cl)cc1F. The van der Waals surface area contributed by atoms with E-state index in [1.165, 1.54) is 6.07 Å². The quantitative estimate of drug-likeness (QED) is 0.807. The Morgan fingerprint density at radius 2 is 1.95 bits per heavy atom. The van der Waals surface area contributed by atoms with Crippen LogP contribution in [0.4, 0.5) is 4.39 Å². The molecular formula is C17H19ClFNO. The van der Waals surface area contributed by atoms with Crippen molar-refractivity contribution in [2.75, 3.05) is 13.2 Å². The molecule has 0 aliphatic rings. The van der Waals surface area contributed by atoms with Gasteiger partial charge in [-0.25, -0.2) is 4.39 Å². The summed E-state index contributed by atoms with van der Waals surface area (Å²) in [4.78, 5) is 0. The number of para-hydroxylation sites is 1. The van der Waals surface area contributed by atoms with Gasteiger partial charge in [0, 0.05) is 23.0 Å². The van der Waals surface area contributed by atoms with E-state index in [0.29, 0.717) is 23.6 Å². The van der Waals surface area contributed by atoms with Crippen LogP contribution in [0, 0.1) is 5.82 Å². The van der Waals surface area contributed by atoms with Gasteiger partial charge in [0.2, 0.25) is 0 Å². The average molecular weight is 308 g/mol. The van der Waals surface area contributed by atoms with E-state index in [1.54, 1.807) is 12.1 Å². The van der Waals surface area contributed by atoms with Gasteiger partial charge in [0.1, 0.15) is 11.6 Å². The predicted octanol–water partition coefficient (Wildman–Crippen LogP) is 4.60. The summed E-state index contributed by atoms with van der Waals surface area (Å²) < 4.78 is 19.7. The summed E-state index contributed by atoms with van der Waals surface area (Å²) in [7, 11) is 0. The molecular weight excluding hydrogens is 289 g/mol. The average Bonchev–Trinajstić information content (AvgIpc) is 2.48. The third-order valence-electron chi connectivity index (χ3n) is 3.21. The summed E-state index contributed by atoms with van der Waals surface area (Å²) in [6.07, 6.45) is 0.682. The molecule has 2 aromatic carbocycles. The first-order chi connectivity index (χ1) is 10.2. The van der Waals surface area contributed by atoms with Crippen molar-refractivity contribution in [1.82, 2.24) is 5.32 Å². The molecule has 0 amide bonds. The summed E-state index contributed by atoms with van der Waals surface area (Å²) in [5.74, 6) is 0.539. The van der Waals surface area contributed by atoms with Crippen molar-refractivity contribution in [3.05, 3.63) is 64.9 Å². The van der Waals surface area contributed by atoms with E-state index in [4.69, 9.17) is 16.3 Å². The maximum Gasteiger partial charge on any atom is 0.129 e. The van der Waals surface area contributed by atoms with Gasteiger partial charge in [-0.1, -0.05) is 42.8 Å². The van der Waals surface area contributed by atoms with E-state index in [-0.39, 0.29) is 11.9 Å². The van der Waals surface area contributed by atoms with Crippen LogP contribution >= 0.6 is 11.6 Å². The zero-order valence-electron chi connectivity index (χ0n) is 12.0. The molecule has 0 radical (unpaired) electrons. The molecule has 2 aromatic rings. The second-order valence-corrected chi connectivity index (χ2v) is 5.16. The molecule has 0 bridgehead atoms. The van der Waals surface area contributed by atoms with Gasteiger partial charge in [0.15, 0.2) is 0 Å². The molecule has 0 saturated heterocycles. The van der Waals surface area contributed by atoms with Crippen molar-refractivity contribution in [1.29, 1.82) is 0 Å². The number of benzene rings is 2. The van der Waals surface area contributed by atoms with Crippen LogP contribution in [0.25, 0.3) is 0 Å². The highest BCUT2D eigenvalue weighted by molar-refractivity contribution is 6.30. The number of halogens is 2. The summed E-state index contributed by atoms with van der Waals surface area (Å²) >= 11 is 5.80. The Morgan fingerprint density at radius 3 is 2.62 bits per heavy atom. The van der Waals surface area contributed by atoms with Crippen LogP contribution in [0.2, 0.25) is 5.02 Å². The summed E-state index contributed by atoms with van der Waals surface area (Å²) in [5, 5.41) is 3.69. The van der Waals surface area contributed by atoms with E-state index in [2.05, 4.69) is 5.32 Å². The molecule has 0 spiro atoms.